The van der Waals surface area contributed by atoms with E-state index in [-0.39, 0.29) is 5.82 Å². The fourth-order valence-electron chi connectivity index (χ4n) is 2.72. The molecule has 1 aromatic carbocycles. The van der Waals surface area contributed by atoms with Gasteiger partial charge in [-0.2, -0.15) is 4.98 Å². The molecule has 1 atom stereocenters. The van der Waals surface area contributed by atoms with Crippen molar-refractivity contribution in [2.45, 2.75) is 24.5 Å². The maximum atomic E-state index is 13.3. The zero-order valence-corrected chi connectivity index (χ0v) is 14.4. The third-order valence-corrected chi connectivity index (χ3v) is 4.38. The highest BCUT2D eigenvalue weighted by atomic mass is 32.2. The molecule has 0 radical (unpaired) electrons. The summed E-state index contributed by atoms with van der Waals surface area (Å²) in [5.41, 5.74) is 1.92. The molecular formula is C16H17FN4O2S. The van der Waals surface area contributed by atoms with Crippen LogP contribution in [0.1, 0.15) is 24.9 Å². The van der Waals surface area contributed by atoms with Crippen LogP contribution in [0.5, 0.6) is 0 Å². The number of carbonyl (C=O) groups excluding carboxylic acids is 1. The number of ether oxygens (including phenoxy) is 1. The van der Waals surface area contributed by atoms with Crippen LogP contribution in [0.3, 0.4) is 0 Å². The minimum absolute atomic E-state index is 0.337. The number of halogens is 1. The molecule has 0 saturated heterocycles. The van der Waals surface area contributed by atoms with Crippen molar-refractivity contribution < 1.29 is 13.9 Å². The van der Waals surface area contributed by atoms with Gasteiger partial charge in [0.1, 0.15) is 11.9 Å². The maximum Gasteiger partial charge on any atom is 0.338 e. The molecule has 2 heterocycles. The van der Waals surface area contributed by atoms with Gasteiger partial charge in [-0.3, -0.25) is 0 Å². The largest absolute Gasteiger partial charge is 0.466 e. The Morgan fingerprint density at radius 2 is 2.12 bits per heavy atom. The molecule has 3 rings (SSSR count). The number of rotatable bonds is 4. The lowest BCUT2D eigenvalue weighted by Gasteiger charge is -2.28. The van der Waals surface area contributed by atoms with Gasteiger partial charge in [0.15, 0.2) is 0 Å². The molecule has 1 aliphatic rings. The topological polar surface area (TPSA) is 69.0 Å². The van der Waals surface area contributed by atoms with Crippen molar-refractivity contribution in [1.29, 1.82) is 0 Å². The lowest BCUT2D eigenvalue weighted by Crippen LogP contribution is -2.30. The van der Waals surface area contributed by atoms with E-state index in [1.807, 2.05) is 13.2 Å². The van der Waals surface area contributed by atoms with Gasteiger partial charge in [-0.1, -0.05) is 30.8 Å². The lowest BCUT2D eigenvalue weighted by atomic mass is 9.94. The molecule has 0 unspecified atom stereocenters. The van der Waals surface area contributed by atoms with Gasteiger partial charge in [0.2, 0.25) is 11.1 Å². The van der Waals surface area contributed by atoms with Gasteiger partial charge in [0.05, 0.1) is 12.7 Å². The molecule has 8 heteroatoms. The number of nitrogens with one attached hydrogen (secondary N) is 1. The van der Waals surface area contributed by atoms with Crippen molar-refractivity contribution in [3.63, 3.8) is 0 Å². The van der Waals surface area contributed by atoms with Crippen LogP contribution in [0.25, 0.3) is 0 Å². The van der Waals surface area contributed by atoms with Gasteiger partial charge in [-0.25, -0.2) is 13.9 Å². The van der Waals surface area contributed by atoms with Crippen LogP contribution >= 0.6 is 11.8 Å². The minimum atomic E-state index is -0.516. The van der Waals surface area contributed by atoms with E-state index < -0.39 is 12.0 Å². The maximum absolute atomic E-state index is 13.3. The number of hydrogen-bond acceptors (Lipinski definition) is 6. The van der Waals surface area contributed by atoms with Crippen LogP contribution in [0.4, 0.5) is 10.3 Å². The average Bonchev–Trinajstić information content (AvgIpc) is 3.03. The third-order valence-electron chi connectivity index (χ3n) is 3.84. The van der Waals surface area contributed by atoms with Crippen LogP contribution in [0.2, 0.25) is 0 Å². The lowest BCUT2D eigenvalue weighted by molar-refractivity contribution is -0.136. The smallest absolute Gasteiger partial charge is 0.338 e. The summed E-state index contributed by atoms with van der Waals surface area (Å²) in [6.45, 7) is 1.94. The van der Waals surface area contributed by atoms with Gasteiger partial charge >= 0.3 is 5.97 Å². The Labute approximate surface area is 143 Å². The standard InChI is InChI=1S/C16H17FN4O2S/c1-4-11-12(14(22)23-2)13(9-5-7-10(17)8-6-9)21-15(18-11)19-16(20-21)24-3/h5-8,13H,4H2,1-3H3,(H,18,19,20)/t13-/m0/s1. The van der Waals surface area contributed by atoms with Gasteiger partial charge in [0.25, 0.3) is 0 Å². The minimum Gasteiger partial charge on any atom is -0.466 e. The molecule has 126 valence electrons. The monoisotopic (exact) mass is 348 g/mol. The van der Waals surface area contributed by atoms with E-state index >= 15 is 0 Å². The Balaban J connectivity index is 2.21. The van der Waals surface area contributed by atoms with Crippen molar-refractivity contribution in [2.24, 2.45) is 0 Å². The molecule has 1 aliphatic heterocycles. The molecule has 1 N–H and O–H groups in total. The Hall–Kier alpha value is -2.35. The Bertz CT molecular complexity index is 801. The van der Waals surface area contributed by atoms with Crippen molar-refractivity contribution >= 4 is 23.7 Å². The first-order valence-corrected chi connectivity index (χ1v) is 8.65. The number of aromatic nitrogens is 3. The number of esters is 1. The van der Waals surface area contributed by atoms with E-state index in [9.17, 15) is 9.18 Å². The number of carbonyl (C=O) groups is 1. The van der Waals surface area contributed by atoms with Crippen LogP contribution in [0, 0.1) is 5.82 Å². The van der Waals surface area contributed by atoms with Crippen LogP contribution in [0.15, 0.2) is 40.7 Å². The summed E-state index contributed by atoms with van der Waals surface area (Å²) in [5, 5.41) is 8.20. The number of allylic oxidation sites excluding steroid dienone is 1. The van der Waals surface area contributed by atoms with E-state index in [1.165, 1.54) is 31.0 Å². The molecule has 2 aromatic rings. The summed E-state index contributed by atoms with van der Waals surface area (Å²) in [7, 11) is 1.34. The van der Waals surface area contributed by atoms with Crippen molar-refractivity contribution in [3.05, 3.63) is 46.9 Å². The first-order chi connectivity index (χ1) is 11.6. The second-order valence-electron chi connectivity index (χ2n) is 5.18. The van der Waals surface area contributed by atoms with Gasteiger partial charge in [0, 0.05) is 5.70 Å². The fourth-order valence-corrected chi connectivity index (χ4v) is 3.07. The quantitative estimate of drug-likeness (QED) is 0.677. The molecular weight excluding hydrogens is 331 g/mol. The summed E-state index contributed by atoms with van der Waals surface area (Å²) in [6, 6.07) is 5.50. The summed E-state index contributed by atoms with van der Waals surface area (Å²) in [5.74, 6) is -0.227. The fraction of sp³-hybridized carbons (Fsp3) is 0.312. The van der Waals surface area contributed by atoms with E-state index in [2.05, 4.69) is 15.4 Å². The van der Waals surface area contributed by atoms with Gasteiger partial charge in [-0.05, 0) is 30.4 Å². The third kappa shape index (κ3) is 2.77. The van der Waals surface area contributed by atoms with E-state index in [1.54, 1.807) is 16.8 Å². The number of hydrogen-bond donors (Lipinski definition) is 1. The van der Waals surface area contributed by atoms with Crippen molar-refractivity contribution in [2.75, 3.05) is 18.7 Å². The van der Waals surface area contributed by atoms with Crippen molar-refractivity contribution in [3.8, 4) is 0 Å². The highest BCUT2D eigenvalue weighted by molar-refractivity contribution is 7.98. The molecule has 0 spiro atoms. The predicted molar refractivity (Wildman–Crippen MR) is 89.3 cm³/mol. The number of anilines is 1. The number of thioether (sulfide) groups is 1. The molecule has 0 saturated carbocycles. The zero-order valence-electron chi connectivity index (χ0n) is 13.5. The van der Waals surface area contributed by atoms with Crippen LogP contribution < -0.4 is 5.32 Å². The molecule has 1 aromatic heterocycles. The zero-order chi connectivity index (χ0) is 17.3. The SMILES string of the molecule is CCC1=C(C(=O)OC)[C@H](c2ccc(F)cc2)n2nc(SC)nc2N1. The van der Waals surface area contributed by atoms with Gasteiger partial charge < -0.3 is 10.1 Å². The molecule has 0 aliphatic carbocycles. The Morgan fingerprint density at radius 3 is 2.71 bits per heavy atom. The predicted octanol–water partition coefficient (Wildman–Crippen LogP) is 2.99. The highest BCUT2D eigenvalue weighted by Crippen LogP contribution is 2.37. The first-order valence-electron chi connectivity index (χ1n) is 7.43. The van der Waals surface area contributed by atoms with E-state index in [4.69, 9.17) is 4.74 Å². The molecule has 0 amide bonds. The number of fused-ring (bicyclic) bond motifs is 1. The number of nitrogens with zero attached hydrogens (tertiary/aromatic N) is 3. The average molecular weight is 348 g/mol. The number of benzene rings is 1. The Morgan fingerprint density at radius 1 is 1.42 bits per heavy atom. The molecule has 24 heavy (non-hydrogen) atoms. The van der Waals surface area contributed by atoms with Crippen LogP contribution in [-0.2, 0) is 9.53 Å². The van der Waals surface area contributed by atoms with E-state index in [0.717, 1.165) is 11.3 Å². The first kappa shape index (κ1) is 16.5. The van der Waals surface area contributed by atoms with Gasteiger partial charge in [-0.15, -0.1) is 5.10 Å². The Kier molecular flexibility index (Phi) is 4.57. The van der Waals surface area contributed by atoms with Crippen molar-refractivity contribution in [1.82, 2.24) is 14.8 Å². The summed E-state index contributed by atoms with van der Waals surface area (Å²) >= 11 is 1.41. The summed E-state index contributed by atoms with van der Waals surface area (Å²) in [6.07, 6.45) is 2.48. The second-order valence-corrected chi connectivity index (χ2v) is 5.96. The summed E-state index contributed by atoms with van der Waals surface area (Å²) in [4.78, 5) is 16.8. The molecule has 0 fully saturated rings. The van der Waals surface area contributed by atoms with E-state index in [0.29, 0.717) is 23.1 Å². The van der Waals surface area contributed by atoms with Crippen LogP contribution in [-0.4, -0.2) is 34.1 Å². The molecule has 6 nitrogen and oxygen atoms in total. The highest BCUT2D eigenvalue weighted by Gasteiger charge is 2.35. The molecule has 0 bridgehead atoms. The normalized spacial score (nSPS) is 16.6. The number of methoxy groups -OCH3 is 1. The summed E-state index contributed by atoms with van der Waals surface area (Å²) < 4.78 is 19.9. The second kappa shape index (κ2) is 6.64.